The van der Waals surface area contributed by atoms with Crippen molar-refractivity contribution in [2.45, 2.75) is 17.4 Å². The van der Waals surface area contributed by atoms with Crippen molar-refractivity contribution in [3.8, 4) is 0 Å². The summed E-state index contributed by atoms with van der Waals surface area (Å²) in [7, 11) is -2.51. The molecule has 17 heavy (non-hydrogen) atoms. The van der Waals surface area contributed by atoms with E-state index in [1.807, 2.05) is 0 Å². The third-order valence-electron chi connectivity index (χ3n) is 2.46. The molecule has 1 fully saturated rings. The number of amides is 2. The van der Waals surface area contributed by atoms with Crippen LogP contribution in [-0.2, 0) is 19.6 Å². The van der Waals surface area contributed by atoms with Gasteiger partial charge in [-0.05, 0) is 0 Å². The molecule has 1 aliphatic heterocycles. The molecule has 92 valence electrons. The zero-order valence-electron chi connectivity index (χ0n) is 8.87. The Bertz CT molecular complexity index is 550. The van der Waals surface area contributed by atoms with Crippen molar-refractivity contribution in [3.05, 3.63) is 12.4 Å². The number of nitrogens with one attached hydrogen (secondary N) is 2. The molecular formula is C8H10N4O4S. The van der Waals surface area contributed by atoms with Gasteiger partial charge in [-0.25, -0.2) is 8.42 Å². The smallest absolute Gasteiger partial charge is 0.247 e. The van der Waals surface area contributed by atoms with E-state index in [-0.39, 0.29) is 11.3 Å². The second-order valence-electron chi connectivity index (χ2n) is 3.60. The minimum atomic E-state index is -3.82. The predicted molar refractivity (Wildman–Crippen MR) is 55.1 cm³/mol. The van der Waals surface area contributed by atoms with Gasteiger partial charge in [0.1, 0.15) is 10.9 Å². The lowest BCUT2D eigenvalue weighted by molar-refractivity contribution is -0.137. The van der Waals surface area contributed by atoms with Crippen molar-refractivity contribution in [1.29, 1.82) is 0 Å². The average molecular weight is 258 g/mol. The summed E-state index contributed by atoms with van der Waals surface area (Å²) in [6.45, 7) is 0. The molecule has 1 unspecified atom stereocenters. The Morgan fingerprint density at radius 1 is 1.53 bits per heavy atom. The number of hydrogen-bond donors (Lipinski definition) is 2. The number of nitrogens with zero attached hydrogens (tertiary/aromatic N) is 2. The van der Waals surface area contributed by atoms with Gasteiger partial charge >= 0.3 is 0 Å². The maximum Gasteiger partial charge on any atom is 0.247 e. The quantitative estimate of drug-likeness (QED) is 0.637. The molecule has 9 heteroatoms. The van der Waals surface area contributed by atoms with Crippen LogP contribution in [0.5, 0.6) is 0 Å². The van der Waals surface area contributed by atoms with Crippen LogP contribution in [0, 0.1) is 0 Å². The van der Waals surface area contributed by atoms with E-state index in [1.165, 1.54) is 13.2 Å². The van der Waals surface area contributed by atoms with Crippen LogP contribution < -0.4 is 4.72 Å². The molecule has 8 nitrogen and oxygen atoms in total. The maximum atomic E-state index is 11.8. The largest absolute Gasteiger partial charge is 0.284 e. The number of H-pyrrole nitrogens is 1. The number of hydrogen-bond acceptors (Lipinski definition) is 5. The molecule has 1 aromatic rings. The van der Waals surface area contributed by atoms with E-state index in [4.69, 9.17) is 0 Å². The maximum absolute atomic E-state index is 11.8. The van der Waals surface area contributed by atoms with E-state index in [0.29, 0.717) is 0 Å². The molecule has 2 amide bonds. The van der Waals surface area contributed by atoms with Gasteiger partial charge in [0.15, 0.2) is 0 Å². The highest BCUT2D eigenvalue weighted by Gasteiger charge is 2.38. The fourth-order valence-electron chi connectivity index (χ4n) is 1.49. The molecule has 0 aromatic carbocycles. The number of imide groups is 1. The standard InChI is InChI=1S/C8H10N4O4S/c1-12-7(13)2-6(8(12)14)11-17(15,16)5-3-9-10-4-5/h3-4,6,11H,2H2,1H3,(H,9,10). The van der Waals surface area contributed by atoms with Crippen LogP contribution in [0.4, 0.5) is 0 Å². The van der Waals surface area contributed by atoms with Crippen molar-refractivity contribution in [2.24, 2.45) is 0 Å². The molecule has 2 N–H and O–H groups in total. The summed E-state index contributed by atoms with van der Waals surface area (Å²) >= 11 is 0. The SMILES string of the molecule is CN1C(=O)CC(NS(=O)(=O)c2cn[nH]c2)C1=O. The van der Waals surface area contributed by atoms with Crippen molar-refractivity contribution in [2.75, 3.05) is 7.05 Å². The van der Waals surface area contributed by atoms with Gasteiger partial charge in [0.05, 0.1) is 12.6 Å². The first-order chi connectivity index (χ1) is 7.92. The Balaban J connectivity index is 2.18. The number of likely N-dealkylation sites (N-methyl/N-ethyl adjacent to an activating group) is 1. The Labute approximate surface area is 97.0 Å². The van der Waals surface area contributed by atoms with E-state index >= 15 is 0 Å². The van der Waals surface area contributed by atoms with Crippen LogP contribution >= 0.6 is 0 Å². The fourth-order valence-corrected chi connectivity index (χ4v) is 2.58. The molecule has 1 saturated heterocycles. The van der Waals surface area contributed by atoms with E-state index in [2.05, 4.69) is 14.9 Å². The normalized spacial score (nSPS) is 21.2. The topological polar surface area (TPSA) is 112 Å². The second-order valence-corrected chi connectivity index (χ2v) is 5.32. The van der Waals surface area contributed by atoms with E-state index in [0.717, 1.165) is 11.1 Å². The fraction of sp³-hybridized carbons (Fsp3) is 0.375. The van der Waals surface area contributed by atoms with Crippen LogP contribution in [0.2, 0.25) is 0 Å². The van der Waals surface area contributed by atoms with Crippen molar-refractivity contribution < 1.29 is 18.0 Å². The van der Waals surface area contributed by atoms with Crippen molar-refractivity contribution >= 4 is 21.8 Å². The van der Waals surface area contributed by atoms with Crippen molar-refractivity contribution in [1.82, 2.24) is 19.8 Å². The lowest BCUT2D eigenvalue weighted by atomic mass is 10.3. The third kappa shape index (κ3) is 2.06. The lowest BCUT2D eigenvalue weighted by Crippen LogP contribution is -2.40. The Kier molecular flexibility index (Phi) is 2.71. The molecule has 1 atom stereocenters. The molecule has 0 spiro atoms. The number of rotatable bonds is 3. The Morgan fingerprint density at radius 3 is 2.71 bits per heavy atom. The average Bonchev–Trinajstić information content (AvgIpc) is 2.85. The molecular weight excluding hydrogens is 248 g/mol. The van der Waals surface area contributed by atoms with Gasteiger partial charge in [0.25, 0.3) is 0 Å². The summed E-state index contributed by atoms with van der Waals surface area (Å²) in [4.78, 5) is 23.6. The molecule has 2 heterocycles. The summed E-state index contributed by atoms with van der Waals surface area (Å²) in [6.07, 6.45) is 2.15. The monoisotopic (exact) mass is 258 g/mol. The summed E-state index contributed by atoms with van der Waals surface area (Å²) in [5, 5.41) is 5.86. The molecule has 0 radical (unpaired) electrons. The van der Waals surface area contributed by atoms with Gasteiger partial charge in [-0.15, -0.1) is 0 Å². The zero-order chi connectivity index (χ0) is 12.6. The van der Waals surface area contributed by atoms with Crippen LogP contribution in [-0.4, -0.2) is 48.4 Å². The number of aromatic amines is 1. The Morgan fingerprint density at radius 2 is 2.24 bits per heavy atom. The van der Waals surface area contributed by atoms with Gasteiger partial charge in [-0.2, -0.15) is 9.82 Å². The van der Waals surface area contributed by atoms with Crippen LogP contribution in [0.25, 0.3) is 0 Å². The molecule has 1 aliphatic rings. The highest BCUT2D eigenvalue weighted by molar-refractivity contribution is 7.89. The summed E-state index contributed by atoms with van der Waals surface area (Å²) < 4.78 is 25.7. The summed E-state index contributed by atoms with van der Waals surface area (Å²) in [5.74, 6) is -0.961. The van der Waals surface area contributed by atoms with Crippen molar-refractivity contribution in [3.63, 3.8) is 0 Å². The van der Waals surface area contributed by atoms with Crippen LogP contribution in [0.15, 0.2) is 17.3 Å². The minimum absolute atomic E-state index is 0.0766. The highest BCUT2D eigenvalue weighted by Crippen LogP contribution is 2.14. The predicted octanol–water partition coefficient (Wildman–Crippen LogP) is -1.55. The van der Waals surface area contributed by atoms with E-state index < -0.39 is 27.9 Å². The van der Waals surface area contributed by atoms with Gasteiger partial charge in [0, 0.05) is 13.2 Å². The number of aromatic nitrogens is 2. The van der Waals surface area contributed by atoms with Gasteiger partial charge < -0.3 is 0 Å². The van der Waals surface area contributed by atoms with E-state index in [1.54, 1.807) is 0 Å². The van der Waals surface area contributed by atoms with Gasteiger partial charge in [-0.1, -0.05) is 0 Å². The zero-order valence-corrected chi connectivity index (χ0v) is 9.69. The molecule has 2 rings (SSSR count). The first-order valence-electron chi connectivity index (χ1n) is 4.73. The lowest BCUT2D eigenvalue weighted by Gasteiger charge is -2.10. The number of sulfonamides is 1. The molecule has 0 bridgehead atoms. The number of likely N-dealkylation sites (tertiary alicyclic amines) is 1. The van der Waals surface area contributed by atoms with E-state index in [9.17, 15) is 18.0 Å². The molecule has 0 saturated carbocycles. The van der Waals surface area contributed by atoms with Gasteiger partial charge in [-0.3, -0.25) is 19.6 Å². The first-order valence-corrected chi connectivity index (χ1v) is 6.21. The Hall–Kier alpha value is -1.74. The third-order valence-corrected chi connectivity index (χ3v) is 3.90. The van der Waals surface area contributed by atoms with Crippen LogP contribution in [0.3, 0.4) is 0 Å². The van der Waals surface area contributed by atoms with Gasteiger partial charge in [0.2, 0.25) is 21.8 Å². The van der Waals surface area contributed by atoms with Crippen LogP contribution in [0.1, 0.15) is 6.42 Å². The minimum Gasteiger partial charge on any atom is -0.284 e. The summed E-state index contributed by atoms with van der Waals surface area (Å²) in [5.41, 5.74) is 0. The number of carbonyl (C=O) groups excluding carboxylic acids is 2. The highest BCUT2D eigenvalue weighted by atomic mass is 32.2. The first kappa shape index (κ1) is 11.7. The molecule has 1 aromatic heterocycles. The number of carbonyl (C=O) groups is 2. The second kappa shape index (κ2) is 3.93. The summed E-state index contributed by atoms with van der Waals surface area (Å²) in [6, 6.07) is -1.03. The molecule has 0 aliphatic carbocycles.